The molecule has 0 N–H and O–H groups in total. The van der Waals surface area contributed by atoms with Crippen LogP contribution in [0.4, 0.5) is 0 Å². The predicted molar refractivity (Wildman–Crippen MR) is 58.6 cm³/mol. The number of aryl methyl sites for hydroxylation is 2. The van der Waals surface area contributed by atoms with Gasteiger partial charge in [0.25, 0.3) is 0 Å². The molecule has 0 saturated heterocycles. The second-order valence-corrected chi connectivity index (χ2v) is 3.75. The molecule has 4 nitrogen and oxygen atoms in total. The molecule has 0 saturated carbocycles. The van der Waals surface area contributed by atoms with E-state index in [1.165, 1.54) is 0 Å². The zero-order valence-electron chi connectivity index (χ0n) is 9.38. The highest BCUT2D eigenvalue weighted by Crippen LogP contribution is 2.24. The zero-order valence-corrected chi connectivity index (χ0v) is 9.38. The van der Waals surface area contributed by atoms with E-state index in [1.807, 2.05) is 38.9 Å². The van der Waals surface area contributed by atoms with Gasteiger partial charge in [-0.25, -0.2) is 9.97 Å². The Morgan fingerprint density at radius 1 is 1.07 bits per heavy atom. The van der Waals surface area contributed by atoms with Crippen LogP contribution < -0.4 is 0 Å². The van der Waals surface area contributed by atoms with Gasteiger partial charge in [0.05, 0.1) is 5.92 Å². The van der Waals surface area contributed by atoms with Gasteiger partial charge in [-0.05, 0) is 6.42 Å². The maximum absolute atomic E-state index is 4.39. The lowest BCUT2D eigenvalue weighted by Gasteiger charge is -2.14. The van der Waals surface area contributed by atoms with Crippen molar-refractivity contribution in [1.29, 1.82) is 0 Å². The molecule has 2 aromatic rings. The monoisotopic (exact) mass is 204 g/mol. The van der Waals surface area contributed by atoms with Gasteiger partial charge in [0, 0.05) is 38.9 Å². The molecule has 4 heteroatoms. The molecule has 80 valence electrons. The van der Waals surface area contributed by atoms with Crippen molar-refractivity contribution >= 4 is 0 Å². The van der Waals surface area contributed by atoms with E-state index in [2.05, 4.69) is 26.0 Å². The topological polar surface area (TPSA) is 35.6 Å². The minimum atomic E-state index is 0.282. The van der Waals surface area contributed by atoms with Crippen LogP contribution in [0.2, 0.25) is 0 Å². The summed E-state index contributed by atoms with van der Waals surface area (Å²) < 4.78 is 4.12. The normalized spacial score (nSPS) is 11.2. The molecular formula is C11H16N4. The smallest absolute Gasteiger partial charge is 0.119 e. The van der Waals surface area contributed by atoms with Crippen LogP contribution in [0, 0.1) is 0 Å². The third-order valence-electron chi connectivity index (χ3n) is 2.75. The van der Waals surface area contributed by atoms with Crippen LogP contribution in [0.15, 0.2) is 24.8 Å². The maximum atomic E-state index is 4.39. The highest BCUT2D eigenvalue weighted by molar-refractivity contribution is 5.13. The largest absolute Gasteiger partial charge is 0.337 e. The zero-order chi connectivity index (χ0) is 10.8. The Morgan fingerprint density at radius 3 is 1.80 bits per heavy atom. The second kappa shape index (κ2) is 3.88. The average molecular weight is 204 g/mol. The fourth-order valence-electron chi connectivity index (χ4n) is 1.91. The van der Waals surface area contributed by atoms with E-state index in [9.17, 15) is 0 Å². The lowest BCUT2D eigenvalue weighted by Crippen LogP contribution is -2.11. The van der Waals surface area contributed by atoms with Crippen LogP contribution in [0.5, 0.6) is 0 Å². The average Bonchev–Trinajstić information content (AvgIpc) is 2.80. The molecule has 0 amide bonds. The SMILES string of the molecule is CCC(c1nccn1C)c1nccn1C. The predicted octanol–water partition coefficient (Wildman–Crippen LogP) is 1.70. The Hall–Kier alpha value is -1.58. The molecule has 0 spiro atoms. The van der Waals surface area contributed by atoms with E-state index < -0.39 is 0 Å². The molecular weight excluding hydrogens is 188 g/mol. The summed E-state index contributed by atoms with van der Waals surface area (Å²) >= 11 is 0. The first-order valence-corrected chi connectivity index (χ1v) is 5.18. The molecule has 2 aromatic heterocycles. The molecule has 2 heterocycles. The van der Waals surface area contributed by atoms with Gasteiger partial charge in [0.15, 0.2) is 0 Å². The second-order valence-electron chi connectivity index (χ2n) is 3.75. The van der Waals surface area contributed by atoms with Gasteiger partial charge >= 0.3 is 0 Å². The van der Waals surface area contributed by atoms with Gasteiger partial charge < -0.3 is 9.13 Å². The maximum Gasteiger partial charge on any atom is 0.119 e. The molecule has 0 unspecified atom stereocenters. The fraction of sp³-hybridized carbons (Fsp3) is 0.455. The highest BCUT2D eigenvalue weighted by Gasteiger charge is 2.19. The quantitative estimate of drug-likeness (QED) is 0.762. The lowest BCUT2D eigenvalue weighted by atomic mass is 10.1. The molecule has 0 aromatic carbocycles. The van der Waals surface area contributed by atoms with Crippen molar-refractivity contribution < 1.29 is 0 Å². The van der Waals surface area contributed by atoms with Crippen molar-refractivity contribution in [2.24, 2.45) is 14.1 Å². The molecule has 0 aliphatic rings. The number of nitrogens with zero attached hydrogens (tertiary/aromatic N) is 4. The number of imidazole rings is 2. The first-order chi connectivity index (χ1) is 7.24. The standard InChI is InChI=1S/C11H16N4/c1-4-9(10-12-5-7-14(10)2)11-13-6-8-15(11)3/h5-9H,4H2,1-3H3. The highest BCUT2D eigenvalue weighted by atomic mass is 15.1. The third-order valence-corrected chi connectivity index (χ3v) is 2.75. The summed E-state index contributed by atoms with van der Waals surface area (Å²) in [6.45, 7) is 2.16. The van der Waals surface area contributed by atoms with Gasteiger partial charge in [0.1, 0.15) is 11.6 Å². The Kier molecular flexibility index (Phi) is 2.58. The van der Waals surface area contributed by atoms with Crippen molar-refractivity contribution in [1.82, 2.24) is 19.1 Å². The summed E-state index contributed by atoms with van der Waals surface area (Å²) in [7, 11) is 4.04. The summed E-state index contributed by atoms with van der Waals surface area (Å²) in [5, 5.41) is 0. The van der Waals surface area contributed by atoms with Gasteiger partial charge in [-0.3, -0.25) is 0 Å². The van der Waals surface area contributed by atoms with Crippen molar-refractivity contribution in [3.8, 4) is 0 Å². The Labute approximate surface area is 89.6 Å². The molecule has 0 aliphatic carbocycles. The Morgan fingerprint density at radius 2 is 1.53 bits per heavy atom. The van der Waals surface area contributed by atoms with E-state index in [4.69, 9.17) is 0 Å². The summed E-state index contributed by atoms with van der Waals surface area (Å²) in [5.74, 6) is 2.43. The number of rotatable bonds is 3. The van der Waals surface area contributed by atoms with Crippen LogP contribution in [0.25, 0.3) is 0 Å². The molecule has 2 rings (SSSR count). The van der Waals surface area contributed by atoms with Crippen molar-refractivity contribution in [2.45, 2.75) is 19.3 Å². The molecule has 0 bridgehead atoms. The minimum Gasteiger partial charge on any atom is -0.337 e. The van der Waals surface area contributed by atoms with E-state index in [0.29, 0.717) is 0 Å². The molecule has 0 aliphatic heterocycles. The van der Waals surface area contributed by atoms with Crippen LogP contribution in [0.3, 0.4) is 0 Å². The van der Waals surface area contributed by atoms with Gasteiger partial charge in [-0.1, -0.05) is 6.92 Å². The van der Waals surface area contributed by atoms with Crippen molar-refractivity contribution in [2.75, 3.05) is 0 Å². The van der Waals surface area contributed by atoms with Crippen LogP contribution in [-0.2, 0) is 14.1 Å². The molecule has 0 radical (unpaired) electrons. The Bertz CT molecular complexity index is 401. The number of hydrogen-bond acceptors (Lipinski definition) is 2. The number of aromatic nitrogens is 4. The van der Waals surface area contributed by atoms with Gasteiger partial charge in [-0.2, -0.15) is 0 Å². The van der Waals surface area contributed by atoms with E-state index in [0.717, 1.165) is 18.1 Å². The lowest BCUT2D eigenvalue weighted by molar-refractivity contribution is 0.614. The molecule has 0 fully saturated rings. The molecule has 15 heavy (non-hydrogen) atoms. The van der Waals surface area contributed by atoms with Crippen LogP contribution in [0.1, 0.15) is 30.9 Å². The van der Waals surface area contributed by atoms with E-state index >= 15 is 0 Å². The summed E-state index contributed by atoms with van der Waals surface area (Å²) in [6.07, 6.45) is 8.62. The first kappa shape index (κ1) is 9.96. The Balaban J connectivity index is 2.41. The fourth-order valence-corrected chi connectivity index (χ4v) is 1.91. The van der Waals surface area contributed by atoms with Gasteiger partial charge in [-0.15, -0.1) is 0 Å². The van der Waals surface area contributed by atoms with Crippen LogP contribution >= 0.6 is 0 Å². The summed E-state index contributed by atoms with van der Waals surface area (Å²) in [6, 6.07) is 0. The summed E-state index contributed by atoms with van der Waals surface area (Å²) in [5.41, 5.74) is 0. The first-order valence-electron chi connectivity index (χ1n) is 5.18. The van der Waals surface area contributed by atoms with E-state index in [1.54, 1.807) is 0 Å². The third kappa shape index (κ3) is 1.67. The molecule has 0 atom stereocenters. The van der Waals surface area contributed by atoms with Gasteiger partial charge in [0.2, 0.25) is 0 Å². The van der Waals surface area contributed by atoms with Crippen LogP contribution in [-0.4, -0.2) is 19.1 Å². The minimum absolute atomic E-state index is 0.282. The number of hydrogen-bond donors (Lipinski definition) is 0. The van der Waals surface area contributed by atoms with Crippen molar-refractivity contribution in [3.63, 3.8) is 0 Å². The van der Waals surface area contributed by atoms with E-state index in [-0.39, 0.29) is 5.92 Å². The van der Waals surface area contributed by atoms with Crippen molar-refractivity contribution in [3.05, 3.63) is 36.4 Å². The summed E-state index contributed by atoms with van der Waals surface area (Å²) in [4.78, 5) is 8.79.